The average molecular weight is 400 g/mol. The van der Waals surface area contributed by atoms with Gasteiger partial charge in [0.15, 0.2) is 0 Å². The molecule has 0 bridgehead atoms. The first-order chi connectivity index (χ1) is 13.9. The van der Waals surface area contributed by atoms with Crippen molar-refractivity contribution in [3.05, 3.63) is 77.2 Å². The Morgan fingerprint density at radius 2 is 1.79 bits per heavy atom. The first-order valence-electron chi connectivity index (χ1n) is 9.13. The molecule has 1 aliphatic rings. The summed E-state index contributed by atoms with van der Waals surface area (Å²) in [5.74, 6) is 1.17. The Kier molecular flexibility index (Phi) is 5.10. The fourth-order valence-corrected chi connectivity index (χ4v) is 3.41. The molecule has 0 unspecified atom stereocenters. The summed E-state index contributed by atoms with van der Waals surface area (Å²) in [6, 6.07) is 12.2. The number of nitrogens with zero attached hydrogens (tertiary/aromatic N) is 3. The third-order valence-electron chi connectivity index (χ3n) is 4.82. The lowest BCUT2D eigenvalue weighted by molar-refractivity contribution is -0.137. The van der Waals surface area contributed by atoms with Crippen molar-refractivity contribution in [3.63, 3.8) is 0 Å². The van der Waals surface area contributed by atoms with Crippen LogP contribution in [-0.2, 0) is 25.7 Å². The Balaban J connectivity index is 1.46. The van der Waals surface area contributed by atoms with Gasteiger partial charge in [-0.2, -0.15) is 13.2 Å². The van der Waals surface area contributed by atoms with Gasteiger partial charge in [0.05, 0.1) is 11.3 Å². The Morgan fingerprint density at radius 1 is 1.03 bits per heavy atom. The van der Waals surface area contributed by atoms with Crippen molar-refractivity contribution < 1.29 is 17.9 Å². The van der Waals surface area contributed by atoms with Gasteiger partial charge in [0.1, 0.15) is 23.6 Å². The molecule has 8 heteroatoms. The van der Waals surface area contributed by atoms with Crippen molar-refractivity contribution in [1.29, 1.82) is 0 Å². The lowest BCUT2D eigenvalue weighted by Gasteiger charge is -2.28. The van der Waals surface area contributed by atoms with Crippen LogP contribution in [0.15, 0.2) is 54.9 Å². The van der Waals surface area contributed by atoms with Gasteiger partial charge in [-0.25, -0.2) is 9.97 Å². The predicted octanol–water partition coefficient (Wildman–Crippen LogP) is 4.43. The molecule has 0 spiro atoms. The fraction of sp³-hybridized carbons (Fsp3) is 0.238. The molecule has 2 heterocycles. The van der Waals surface area contributed by atoms with Gasteiger partial charge < -0.3 is 10.5 Å². The number of anilines is 1. The van der Waals surface area contributed by atoms with Crippen molar-refractivity contribution in [3.8, 4) is 11.5 Å². The van der Waals surface area contributed by atoms with Crippen molar-refractivity contribution in [2.45, 2.75) is 25.7 Å². The van der Waals surface area contributed by atoms with E-state index < -0.39 is 11.7 Å². The lowest BCUT2D eigenvalue weighted by Crippen LogP contribution is -2.31. The lowest BCUT2D eigenvalue weighted by atomic mass is 10.0. The number of hydrogen-bond acceptors (Lipinski definition) is 5. The number of nitrogens with two attached hydrogens (primary N) is 1. The number of halogens is 3. The van der Waals surface area contributed by atoms with Gasteiger partial charge in [0.25, 0.3) is 0 Å². The summed E-state index contributed by atoms with van der Waals surface area (Å²) in [5, 5.41) is 0. The van der Waals surface area contributed by atoms with Crippen LogP contribution < -0.4 is 10.5 Å². The molecule has 0 radical (unpaired) electrons. The van der Waals surface area contributed by atoms with E-state index >= 15 is 0 Å². The van der Waals surface area contributed by atoms with Crippen molar-refractivity contribution >= 4 is 5.82 Å². The van der Waals surface area contributed by atoms with E-state index in [1.807, 2.05) is 18.2 Å². The predicted molar refractivity (Wildman–Crippen MR) is 102 cm³/mol. The molecule has 0 amide bonds. The van der Waals surface area contributed by atoms with Crippen molar-refractivity contribution in [2.75, 3.05) is 12.3 Å². The average Bonchev–Trinajstić information content (AvgIpc) is 2.68. The maximum absolute atomic E-state index is 12.9. The quantitative estimate of drug-likeness (QED) is 0.702. The maximum atomic E-state index is 12.9. The number of fused-ring (bicyclic) bond motifs is 1. The molecule has 1 aliphatic heterocycles. The van der Waals surface area contributed by atoms with Gasteiger partial charge in [-0.15, -0.1) is 0 Å². The third-order valence-corrected chi connectivity index (χ3v) is 4.82. The van der Waals surface area contributed by atoms with Crippen molar-refractivity contribution in [2.24, 2.45) is 0 Å². The van der Waals surface area contributed by atoms with Crippen LogP contribution in [-0.4, -0.2) is 21.4 Å². The summed E-state index contributed by atoms with van der Waals surface area (Å²) in [5.41, 5.74) is 8.11. The first kappa shape index (κ1) is 19.2. The zero-order valence-electron chi connectivity index (χ0n) is 15.5. The molecule has 29 heavy (non-hydrogen) atoms. The van der Waals surface area contributed by atoms with Gasteiger partial charge >= 0.3 is 6.18 Å². The third kappa shape index (κ3) is 4.48. The van der Waals surface area contributed by atoms with Crippen LogP contribution in [0.25, 0.3) is 0 Å². The van der Waals surface area contributed by atoms with E-state index in [0.717, 1.165) is 41.9 Å². The van der Waals surface area contributed by atoms with Gasteiger partial charge in [0.2, 0.25) is 0 Å². The minimum atomic E-state index is -4.40. The second-order valence-electron chi connectivity index (χ2n) is 6.92. The molecule has 3 aromatic rings. The SMILES string of the molecule is Nc1ncnc2c1CCN(Cc1cccc(Oc3cccc(C(F)(F)F)c3)c1)C2. The zero-order valence-corrected chi connectivity index (χ0v) is 15.5. The molecule has 2 aromatic carbocycles. The summed E-state index contributed by atoms with van der Waals surface area (Å²) < 4.78 is 44.3. The van der Waals surface area contributed by atoms with E-state index in [2.05, 4.69) is 14.9 Å². The van der Waals surface area contributed by atoms with Crippen LogP contribution in [0.2, 0.25) is 0 Å². The molecular weight excluding hydrogens is 381 g/mol. The highest BCUT2D eigenvalue weighted by Crippen LogP contribution is 2.33. The highest BCUT2D eigenvalue weighted by molar-refractivity contribution is 5.42. The highest BCUT2D eigenvalue weighted by Gasteiger charge is 2.30. The zero-order chi connectivity index (χ0) is 20.4. The molecule has 150 valence electrons. The molecular formula is C21H19F3N4O. The maximum Gasteiger partial charge on any atom is 0.416 e. The number of rotatable bonds is 4. The number of hydrogen-bond donors (Lipinski definition) is 1. The van der Waals surface area contributed by atoms with Crippen LogP contribution >= 0.6 is 0 Å². The normalized spacial score (nSPS) is 14.4. The largest absolute Gasteiger partial charge is 0.457 e. The summed E-state index contributed by atoms with van der Waals surface area (Å²) >= 11 is 0. The Labute approximate surface area is 166 Å². The molecule has 1 aromatic heterocycles. The minimum Gasteiger partial charge on any atom is -0.457 e. The molecule has 4 rings (SSSR count). The second-order valence-corrected chi connectivity index (χ2v) is 6.92. The topological polar surface area (TPSA) is 64.3 Å². The van der Waals surface area contributed by atoms with Crippen LogP contribution in [0.3, 0.4) is 0 Å². The Bertz CT molecular complexity index is 1020. The number of aromatic nitrogens is 2. The molecule has 0 saturated carbocycles. The summed E-state index contributed by atoms with van der Waals surface area (Å²) in [7, 11) is 0. The van der Waals surface area contributed by atoms with E-state index in [0.29, 0.717) is 24.7 Å². The van der Waals surface area contributed by atoms with Gasteiger partial charge in [-0.05, 0) is 42.3 Å². The molecule has 0 aliphatic carbocycles. The van der Waals surface area contributed by atoms with Gasteiger partial charge in [0, 0.05) is 25.2 Å². The molecule has 5 nitrogen and oxygen atoms in total. The van der Waals surface area contributed by atoms with Gasteiger partial charge in [-0.3, -0.25) is 4.90 Å². The van der Waals surface area contributed by atoms with E-state index in [4.69, 9.17) is 10.5 Å². The number of ether oxygens (including phenoxy) is 1. The highest BCUT2D eigenvalue weighted by atomic mass is 19.4. The number of nitrogen functional groups attached to an aromatic ring is 1. The van der Waals surface area contributed by atoms with E-state index in [9.17, 15) is 13.2 Å². The Hall–Kier alpha value is -3.13. The van der Waals surface area contributed by atoms with Gasteiger partial charge in [-0.1, -0.05) is 18.2 Å². The first-order valence-corrected chi connectivity index (χ1v) is 9.13. The summed E-state index contributed by atoms with van der Waals surface area (Å²) in [6.07, 6.45) is -2.15. The van der Waals surface area contributed by atoms with E-state index in [1.54, 1.807) is 6.07 Å². The van der Waals surface area contributed by atoms with Crippen LogP contribution in [0.1, 0.15) is 22.4 Å². The number of alkyl halides is 3. The van der Waals surface area contributed by atoms with E-state index in [-0.39, 0.29) is 5.75 Å². The molecule has 0 saturated heterocycles. The summed E-state index contributed by atoms with van der Waals surface area (Å²) in [6.45, 7) is 2.16. The number of benzene rings is 2. The summed E-state index contributed by atoms with van der Waals surface area (Å²) in [4.78, 5) is 10.6. The fourth-order valence-electron chi connectivity index (χ4n) is 3.41. The molecule has 2 N–H and O–H groups in total. The minimum absolute atomic E-state index is 0.149. The van der Waals surface area contributed by atoms with Crippen LogP contribution in [0.4, 0.5) is 19.0 Å². The smallest absolute Gasteiger partial charge is 0.416 e. The standard InChI is InChI=1S/C21H19F3N4O/c22-21(23,24)15-4-2-6-17(10-15)29-16-5-1-3-14(9-16)11-28-8-7-18-19(12-28)26-13-27-20(18)25/h1-6,9-10,13H,7-8,11-12H2,(H2,25,26,27). The van der Waals surface area contributed by atoms with Crippen molar-refractivity contribution in [1.82, 2.24) is 14.9 Å². The monoisotopic (exact) mass is 400 g/mol. The van der Waals surface area contributed by atoms with E-state index in [1.165, 1.54) is 18.5 Å². The van der Waals surface area contributed by atoms with Crippen LogP contribution in [0.5, 0.6) is 11.5 Å². The second kappa shape index (κ2) is 7.71. The molecule has 0 fully saturated rings. The van der Waals surface area contributed by atoms with Crippen LogP contribution in [0, 0.1) is 0 Å². The molecule has 0 atom stereocenters. The Morgan fingerprint density at radius 3 is 2.59 bits per heavy atom.